The zero-order chi connectivity index (χ0) is 21.1. The van der Waals surface area contributed by atoms with Crippen molar-refractivity contribution in [2.45, 2.75) is 74.7 Å². The summed E-state index contributed by atoms with van der Waals surface area (Å²) in [6.45, 7) is 25.6. The lowest BCUT2D eigenvalue weighted by molar-refractivity contribution is 0.866. The lowest BCUT2D eigenvalue weighted by atomic mass is 9.97. The van der Waals surface area contributed by atoms with Crippen LogP contribution in [0.3, 0.4) is 0 Å². The standard InChI is InChI=1S/C15H22.C5H8.C3H7N.C2H6/c1-6-12(4)13(5)15-9-7-14(8-10-15)11(2)3;1-3-5-4-2;1-3(2)4;1-2/h7-11H,6H2,1-5H3;3-5H,1H2,2H3;1,4H2,2H3;1-2H3/b13-12-;5-4-;;. The van der Waals surface area contributed by atoms with Crippen LogP contribution in [-0.4, -0.2) is 0 Å². The summed E-state index contributed by atoms with van der Waals surface area (Å²) in [6.07, 6.45) is 6.71. The fraction of sp³-hybridized carbons (Fsp3) is 0.440. The molecule has 0 fully saturated rings. The minimum Gasteiger partial charge on any atom is -0.403 e. The van der Waals surface area contributed by atoms with Crippen LogP contribution in [0.15, 0.2) is 66.9 Å². The predicted molar refractivity (Wildman–Crippen MR) is 124 cm³/mol. The van der Waals surface area contributed by atoms with Crippen LogP contribution < -0.4 is 5.73 Å². The third kappa shape index (κ3) is 16.8. The maximum absolute atomic E-state index is 4.92. The van der Waals surface area contributed by atoms with Gasteiger partial charge in [0.25, 0.3) is 0 Å². The molecule has 0 spiro atoms. The molecule has 0 heterocycles. The van der Waals surface area contributed by atoms with Crippen molar-refractivity contribution in [1.82, 2.24) is 0 Å². The van der Waals surface area contributed by atoms with E-state index in [0.717, 1.165) is 6.42 Å². The SMILES string of the molecule is C=C(C)N.C=C/C=C\C.CC.CC/C(C)=C(/C)c1ccc(C(C)C)cc1. The van der Waals surface area contributed by atoms with Gasteiger partial charge in [-0.05, 0) is 62.4 Å². The molecule has 26 heavy (non-hydrogen) atoms. The van der Waals surface area contributed by atoms with Crippen molar-refractivity contribution in [3.63, 3.8) is 0 Å². The third-order valence-corrected chi connectivity index (χ3v) is 3.51. The second-order valence-corrected chi connectivity index (χ2v) is 6.14. The fourth-order valence-corrected chi connectivity index (χ4v) is 1.77. The molecule has 1 aromatic rings. The zero-order valence-corrected chi connectivity index (χ0v) is 18.8. The van der Waals surface area contributed by atoms with Gasteiger partial charge in [0.15, 0.2) is 0 Å². The van der Waals surface area contributed by atoms with Crippen LogP contribution in [0.4, 0.5) is 0 Å². The maximum Gasteiger partial charge on any atom is -0.00242 e. The molecule has 0 aliphatic rings. The average molecular weight is 358 g/mol. The van der Waals surface area contributed by atoms with Crippen LogP contribution >= 0.6 is 0 Å². The Labute approximate surface area is 164 Å². The summed E-state index contributed by atoms with van der Waals surface area (Å²) < 4.78 is 0. The van der Waals surface area contributed by atoms with Gasteiger partial charge in [0.1, 0.15) is 0 Å². The highest BCUT2D eigenvalue weighted by atomic mass is 14.5. The van der Waals surface area contributed by atoms with E-state index in [2.05, 4.69) is 72.0 Å². The molecule has 148 valence electrons. The Hall–Kier alpha value is -2.02. The number of hydrogen-bond acceptors (Lipinski definition) is 1. The van der Waals surface area contributed by atoms with Crippen LogP contribution in [-0.2, 0) is 0 Å². The van der Waals surface area contributed by atoms with E-state index in [1.54, 1.807) is 13.0 Å². The minimum absolute atomic E-state index is 0.621. The molecule has 0 aliphatic carbocycles. The van der Waals surface area contributed by atoms with Crippen molar-refractivity contribution < 1.29 is 0 Å². The number of rotatable bonds is 4. The van der Waals surface area contributed by atoms with E-state index in [4.69, 9.17) is 5.73 Å². The van der Waals surface area contributed by atoms with Gasteiger partial charge in [-0.15, -0.1) is 0 Å². The highest BCUT2D eigenvalue weighted by Gasteiger charge is 2.01. The predicted octanol–water partition coefficient (Wildman–Crippen LogP) is 8.27. The van der Waals surface area contributed by atoms with Gasteiger partial charge < -0.3 is 5.73 Å². The number of hydrogen-bond donors (Lipinski definition) is 1. The van der Waals surface area contributed by atoms with Crippen LogP contribution in [0, 0.1) is 0 Å². The lowest BCUT2D eigenvalue weighted by Crippen LogP contribution is -1.89. The van der Waals surface area contributed by atoms with Gasteiger partial charge in [0, 0.05) is 0 Å². The highest BCUT2D eigenvalue weighted by molar-refractivity contribution is 5.66. The van der Waals surface area contributed by atoms with Crippen molar-refractivity contribution in [3.8, 4) is 0 Å². The van der Waals surface area contributed by atoms with Gasteiger partial charge in [-0.2, -0.15) is 0 Å². The van der Waals surface area contributed by atoms with E-state index in [0.29, 0.717) is 11.6 Å². The first-order chi connectivity index (χ1) is 12.2. The Morgan fingerprint density at radius 3 is 1.73 bits per heavy atom. The minimum atomic E-state index is 0.621. The van der Waals surface area contributed by atoms with E-state index in [-0.39, 0.29) is 0 Å². The highest BCUT2D eigenvalue weighted by Crippen LogP contribution is 2.22. The van der Waals surface area contributed by atoms with Crippen molar-refractivity contribution >= 4 is 5.57 Å². The van der Waals surface area contributed by atoms with Crippen molar-refractivity contribution in [3.05, 3.63) is 78.0 Å². The first-order valence-electron chi connectivity index (χ1n) is 9.62. The molecule has 0 bridgehead atoms. The Morgan fingerprint density at radius 1 is 1.08 bits per heavy atom. The molecule has 0 radical (unpaired) electrons. The Balaban J connectivity index is -0.000000398. The van der Waals surface area contributed by atoms with Crippen molar-refractivity contribution in [2.24, 2.45) is 5.73 Å². The number of nitrogens with two attached hydrogens (primary N) is 1. The van der Waals surface area contributed by atoms with Gasteiger partial charge in [-0.1, -0.05) is 95.8 Å². The second-order valence-electron chi connectivity index (χ2n) is 6.14. The summed E-state index contributed by atoms with van der Waals surface area (Å²) >= 11 is 0. The molecule has 0 aromatic heterocycles. The van der Waals surface area contributed by atoms with E-state index >= 15 is 0 Å². The largest absolute Gasteiger partial charge is 0.403 e. The molecule has 0 aliphatic heterocycles. The molecular weight excluding hydrogens is 314 g/mol. The average Bonchev–Trinajstić information content (AvgIpc) is 2.63. The van der Waals surface area contributed by atoms with Gasteiger partial charge >= 0.3 is 0 Å². The topological polar surface area (TPSA) is 26.0 Å². The van der Waals surface area contributed by atoms with Crippen molar-refractivity contribution in [2.75, 3.05) is 0 Å². The molecule has 0 unspecified atom stereocenters. The molecule has 1 rings (SSSR count). The molecule has 0 saturated carbocycles. The zero-order valence-electron chi connectivity index (χ0n) is 18.8. The number of allylic oxidation sites excluding steroid dienone is 6. The quantitative estimate of drug-likeness (QED) is 0.539. The van der Waals surface area contributed by atoms with E-state index in [1.165, 1.54) is 22.3 Å². The van der Waals surface area contributed by atoms with E-state index in [1.807, 2.05) is 32.9 Å². The third-order valence-electron chi connectivity index (χ3n) is 3.51. The molecule has 2 N–H and O–H groups in total. The molecule has 0 amide bonds. The van der Waals surface area contributed by atoms with Crippen LogP contribution in [0.2, 0.25) is 0 Å². The number of benzene rings is 1. The summed E-state index contributed by atoms with van der Waals surface area (Å²) in [4.78, 5) is 0. The van der Waals surface area contributed by atoms with Gasteiger partial charge in [-0.3, -0.25) is 0 Å². The summed E-state index contributed by atoms with van der Waals surface area (Å²) in [7, 11) is 0. The second kappa shape index (κ2) is 19.3. The van der Waals surface area contributed by atoms with Crippen LogP contribution in [0.5, 0.6) is 0 Å². The Bertz CT molecular complexity index is 524. The molecule has 1 nitrogen and oxygen atoms in total. The summed E-state index contributed by atoms with van der Waals surface area (Å²) in [6, 6.07) is 8.96. The Kier molecular flexibility index (Phi) is 21.4. The molecule has 0 saturated heterocycles. The van der Waals surface area contributed by atoms with Gasteiger partial charge in [-0.25, -0.2) is 0 Å². The molecular formula is C25H43N. The summed E-state index contributed by atoms with van der Waals surface area (Å²) in [5, 5.41) is 0. The monoisotopic (exact) mass is 357 g/mol. The lowest BCUT2D eigenvalue weighted by Gasteiger charge is -2.09. The molecule has 0 atom stereocenters. The summed E-state index contributed by atoms with van der Waals surface area (Å²) in [5.41, 5.74) is 11.3. The van der Waals surface area contributed by atoms with E-state index < -0.39 is 0 Å². The van der Waals surface area contributed by atoms with Crippen molar-refractivity contribution in [1.29, 1.82) is 0 Å². The van der Waals surface area contributed by atoms with E-state index in [9.17, 15) is 0 Å². The first kappa shape index (κ1) is 28.8. The summed E-state index contributed by atoms with van der Waals surface area (Å²) in [5.74, 6) is 0.621. The molecule has 1 heteroatoms. The molecule has 1 aromatic carbocycles. The first-order valence-corrected chi connectivity index (χ1v) is 9.62. The van der Waals surface area contributed by atoms with Crippen LogP contribution in [0.25, 0.3) is 5.57 Å². The van der Waals surface area contributed by atoms with Gasteiger partial charge in [0.2, 0.25) is 0 Å². The van der Waals surface area contributed by atoms with Gasteiger partial charge in [0.05, 0.1) is 0 Å². The maximum atomic E-state index is 4.92. The fourth-order valence-electron chi connectivity index (χ4n) is 1.77. The normalized spacial score (nSPS) is 10.4. The smallest absolute Gasteiger partial charge is 0.00242 e. The Morgan fingerprint density at radius 2 is 1.50 bits per heavy atom. The van der Waals surface area contributed by atoms with Crippen LogP contribution in [0.1, 0.15) is 85.8 Å².